The van der Waals surface area contributed by atoms with Crippen molar-refractivity contribution in [2.45, 2.75) is 43.9 Å². The summed E-state index contributed by atoms with van der Waals surface area (Å²) in [5.41, 5.74) is 3.77. The second kappa shape index (κ2) is 10.3. The number of benzene rings is 2. The molecule has 2 aromatic heterocycles. The number of anilines is 1. The molecule has 38 heavy (non-hydrogen) atoms. The Morgan fingerprint density at radius 2 is 1.79 bits per heavy atom. The lowest BCUT2D eigenvalue weighted by molar-refractivity contribution is 0.0697. The van der Waals surface area contributed by atoms with E-state index in [1.54, 1.807) is 24.4 Å². The fourth-order valence-corrected chi connectivity index (χ4v) is 5.82. The van der Waals surface area contributed by atoms with Crippen molar-refractivity contribution in [3.05, 3.63) is 108 Å². The first-order valence-corrected chi connectivity index (χ1v) is 13.3. The molecule has 0 radical (unpaired) electrons. The van der Waals surface area contributed by atoms with Crippen LogP contribution in [0, 0.1) is 0 Å². The van der Waals surface area contributed by atoms with Crippen LogP contribution in [-0.4, -0.2) is 31.8 Å². The summed E-state index contributed by atoms with van der Waals surface area (Å²) in [4.78, 5) is 18.4. The van der Waals surface area contributed by atoms with Crippen molar-refractivity contribution in [1.82, 2.24) is 14.9 Å². The smallest absolute Gasteiger partial charge is 0.335 e. The number of hydrogen-bond donors (Lipinski definition) is 2. The van der Waals surface area contributed by atoms with Gasteiger partial charge in [-0.1, -0.05) is 12.1 Å². The van der Waals surface area contributed by atoms with Crippen molar-refractivity contribution < 1.29 is 14.6 Å². The van der Waals surface area contributed by atoms with Gasteiger partial charge in [0.2, 0.25) is 0 Å². The first kappa shape index (κ1) is 24.2. The van der Waals surface area contributed by atoms with E-state index < -0.39 is 5.97 Å². The number of pyridine rings is 1. The zero-order chi connectivity index (χ0) is 26.1. The molecule has 3 heterocycles. The molecule has 0 unspecified atom stereocenters. The minimum absolute atomic E-state index is 0.213. The SMILES string of the molecule is O=C(O)c1cccc(-n2cccc2[C@H]2[C@H](c3ccccn3)NC(=S)N2c2ccc(OC3CCCC3)cc2)c1. The molecule has 0 bridgehead atoms. The van der Waals surface area contributed by atoms with E-state index in [1.165, 1.54) is 12.8 Å². The molecular formula is C30H28N4O3S. The molecule has 1 saturated carbocycles. The normalized spacial score (nSPS) is 19.5. The molecule has 192 valence electrons. The molecule has 8 heteroatoms. The summed E-state index contributed by atoms with van der Waals surface area (Å²) in [6, 6.07) is 24.5. The zero-order valence-electron chi connectivity index (χ0n) is 20.7. The fourth-order valence-electron chi connectivity index (χ4n) is 5.48. The lowest BCUT2D eigenvalue weighted by atomic mass is 10.0. The number of carboxylic acids is 1. The number of nitrogens with one attached hydrogen (secondary N) is 1. The van der Waals surface area contributed by atoms with Gasteiger partial charge < -0.3 is 24.6 Å². The summed E-state index contributed by atoms with van der Waals surface area (Å²) in [5, 5.41) is 13.6. The maximum absolute atomic E-state index is 11.7. The largest absolute Gasteiger partial charge is 0.490 e. The van der Waals surface area contributed by atoms with Crippen molar-refractivity contribution in [3.8, 4) is 11.4 Å². The maximum atomic E-state index is 11.7. The van der Waals surface area contributed by atoms with E-state index >= 15 is 0 Å². The molecule has 1 aliphatic carbocycles. The Balaban J connectivity index is 1.40. The number of aromatic carboxylic acids is 1. The summed E-state index contributed by atoms with van der Waals surface area (Å²) in [7, 11) is 0. The predicted octanol–water partition coefficient (Wildman–Crippen LogP) is 6.07. The Morgan fingerprint density at radius 1 is 0.974 bits per heavy atom. The molecule has 7 nitrogen and oxygen atoms in total. The number of thiocarbonyl (C=S) groups is 1. The monoisotopic (exact) mass is 524 g/mol. The van der Waals surface area contributed by atoms with Gasteiger partial charge in [-0.2, -0.15) is 0 Å². The van der Waals surface area contributed by atoms with Gasteiger partial charge >= 0.3 is 5.97 Å². The van der Waals surface area contributed by atoms with Crippen LogP contribution >= 0.6 is 12.2 Å². The van der Waals surface area contributed by atoms with Gasteiger partial charge in [0, 0.05) is 29.5 Å². The molecule has 0 spiro atoms. The molecule has 6 rings (SSSR count). The molecule has 4 aromatic rings. The van der Waals surface area contributed by atoms with Crippen LogP contribution in [0.25, 0.3) is 5.69 Å². The lowest BCUT2D eigenvalue weighted by Crippen LogP contribution is -2.30. The van der Waals surface area contributed by atoms with Crippen molar-refractivity contribution in [1.29, 1.82) is 0 Å². The lowest BCUT2D eigenvalue weighted by Gasteiger charge is -2.29. The van der Waals surface area contributed by atoms with Crippen LogP contribution in [0.5, 0.6) is 5.75 Å². The number of carbonyl (C=O) groups is 1. The van der Waals surface area contributed by atoms with Crippen LogP contribution in [0.1, 0.15) is 59.5 Å². The highest BCUT2D eigenvalue weighted by Crippen LogP contribution is 2.42. The molecule has 0 amide bonds. The maximum Gasteiger partial charge on any atom is 0.335 e. The zero-order valence-corrected chi connectivity index (χ0v) is 21.6. The van der Waals surface area contributed by atoms with E-state index in [0.717, 1.165) is 41.4 Å². The van der Waals surface area contributed by atoms with Crippen molar-refractivity contribution in [3.63, 3.8) is 0 Å². The van der Waals surface area contributed by atoms with E-state index in [9.17, 15) is 9.90 Å². The summed E-state index contributed by atoms with van der Waals surface area (Å²) in [5.74, 6) is -0.0948. The Hall–Kier alpha value is -4.17. The Morgan fingerprint density at radius 3 is 2.53 bits per heavy atom. The van der Waals surface area contributed by atoms with E-state index in [2.05, 4.69) is 15.2 Å². The van der Waals surface area contributed by atoms with Crippen LogP contribution in [-0.2, 0) is 0 Å². The van der Waals surface area contributed by atoms with Crippen molar-refractivity contribution in [2.24, 2.45) is 0 Å². The number of rotatable bonds is 7. The van der Waals surface area contributed by atoms with E-state index in [-0.39, 0.29) is 17.6 Å². The first-order chi connectivity index (χ1) is 18.6. The van der Waals surface area contributed by atoms with Gasteiger partial charge in [-0.25, -0.2) is 4.79 Å². The number of ether oxygens (including phenoxy) is 1. The van der Waals surface area contributed by atoms with Gasteiger partial charge in [0.25, 0.3) is 0 Å². The van der Waals surface area contributed by atoms with Crippen LogP contribution < -0.4 is 15.0 Å². The Bertz CT molecular complexity index is 1450. The summed E-state index contributed by atoms with van der Waals surface area (Å²) < 4.78 is 8.21. The Labute approximate surface area is 226 Å². The van der Waals surface area contributed by atoms with Gasteiger partial charge in [0.05, 0.1) is 23.4 Å². The average Bonchev–Trinajstić information content (AvgIpc) is 3.70. The third-order valence-electron chi connectivity index (χ3n) is 7.27. The molecule has 2 N–H and O–H groups in total. The van der Waals surface area contributed by atoms with Crippen molar-refractivity contribution in [2.75, 3.05) is 4.90 Å². The molecule has 2 aromatic carbocycles. The highest BCUT2D eigenvalue weighted by molar-refractivity contribution is 7.80. The molecule has 2 aliphatic rings. The van der Waals surface area contributed by atoms with Crippen LogP contribution in [0.3, 0.4) is 0 Å². The summed E-state index contributed by atoms with van der Waals surface area (Å²) in [6.45, 7) is 0. The second-order valence-electron chi connectivity index (χ2n) is 9.67. The summed E-state index contributed by atoms with van der Waals surface area (Å²) >= 11 is 5.88. The number of nitrogens with zero attached hydrogens (tertiary/aromatic N) is 3. The standard InChI is InChI=1S/C30H28N4O3S/c35-29(36)20-7-5-8-22(19-20)33-18-6-12-26(33)28-27(25-11-3-4-17-31-25)32-30(38)34(28)21-13-15-24(16-14-21)37-23-9-1-2-10-23/h3-8,11-19,23,27-28H,1-2,9-10H2,(H,32,38)(H,35,36)/t27-,28-/m0/s1. The molecule has 1 aliphatic heterocycles. The minimum Gasteiger partial charge on any atom is -0.490 e. The van der Waals surface area contributed by atoms with Gasteiger partial charge in [-0.15, -0.1) is 0 Å². The quantitative estimate of drug-likeness (QED) is 0.284. The van der Waals surface area contributed by atoms with Crippen molar-refractivity contribution >= 4 is 29.0 Å². The number of aromatic nitrogens is 2. The van der Waals surface area contributed by atoms with Gasteiger partial charge in [-0.3, -0.25) is 4.98 Å². The first-order valence-electron chi connectivity index (χ1n) is 12.9. The average molecular weight is 525 g/mol. The Kier molecular flexibility index (Phi) is 6.55. The molecule has 1 saturated heterocycles. The van der Waals surface area contributed by atoms with E-state index in [1.807, 2.05) is 71.4 Å². The van der Waals surface area contributed by atoms with E-state index in [4.69, 9.17) is 17.0 Å². The van der Waals surface area contributed by atoms with Crippen LogP contribution in [0.15, 0.2) is 91.3 Å². The highest BCUT2D eigenvalue weighted by atomic mass is 32.1. The van der Waals surface area contributed by atoms with Gasteiger partial charge in [0.1, 0.15) is 11.8 Å². The van der Waals surface area contributed by atoms with E-state index in [0.29, 0.717) is 11.2 Å². The summed E-state index contributed by atoms with van der Waals surface area (Å²) in [6.07, 6.45) is 8.69. The third-order valence-corrected chi connectivity index (χ3v) is 7.59. The van der Waals surface area contributed by atoms with Crippen LogP contribution in [0.2, 0.25) is 0 Å². The topological polar surface area (TPSA) is 79.6 Å². The molecule has 2 atom stereocenters. The predicted molar refractivity (Wildman–Crippen MR) is 150 cm³/mol. The number of hydrogen-bond acceptors (Lipinski definition) is 4. The van der Waals surface area contributed by atoms with Gasteiger partial charge in [-0.05, 0) is 105 Å². The minimum atomic E-state index is -0.961. The second-order valence-corrected chi connectivity index (χ2v) is 10.1. The van der Waals surface area contributed by atoms with Crippen LogP contribution in [0.4, 0.5) is 5.69 Å². The molecule has 2 fully saturated rings. The molecular weight excluding hydrogens is 496 g/mol. The fraction of sp³-hybridized carbons (Fsp3) is 0.233. The van der Waals surface area contributed by atoms with Gasteiger partial charge in [0.15, 0.2) is 5.11 Å². The highest BCUT2D eigenvalue weighted by Gasteiger charge is 2.42. The number of carboxylic acid groups (broad SMARTS) is 1. The third kappa shape index (κ3) is 4.63.